The average Bonchev–Trinajstić information content (AvgIpc) is 2.29. The summed E-state index contributed by atoms with van der Waals surface area (Å²) in [7, 11) is 2.10. The molecule has 0 radical (unpaired) electrons. The summed E-state index contributed by atoms with van der Waals surface area (Å²) in [5, 5.41) is 0.818. The minimum absolute atomic E-state index is 0.632. The van der Waals surface area contributed by atoms with Crippen molar-refractivity contribution in [1.29, 1.82) is 0 Å². The van der Waals surface area contributed by atoms with E-state index in [1.54, 1.807) is 0 Å². The number of nitrogens with two attached hydrogens (primary N) is 1. The van der Waals surface area contributed by atoms with Gasteiger partial charge in [0.1, 0.15) is 0 Å². The summed E-state index contributed by atoms with van der Waals surface area (Å²) in [5.41, 5.74) is 7.98. The first kappa shape index (κ1) is 13.7. The van der Waals surface area contributed by atoms with E-state index in [0.717, 1.165) is 29.3 Å². The van der Waals surface area contributed by atoms with Crippen LogP contribution in [-0.2, 0) is 6.42 Å². The molecule has 1 aromatic rings. The third-order valence-corrected chi connectivity index (χ3v) is 3.48. The normalized spacial score (nSPS) is 10.5. The molecular weight excluding hydrogens is 240 g/mol. The Labute approximate surface area is 107 Å². The number of nitrogens with zero attached hydrogens (tertiary/aromatic N) is 1. The predicted molar refractivity (Wildman–Crippen MR) is 75.9 cm³/mol. The Balaban J connectivity index is 2.88. The maximum Gasteiger partial charge on any atom is 0.0459 e. The lowest BCUT2D eigenvalue weighted by atomic mass is 10.1. The lowest BCUT2D eigenvalue weighted by Gasteiger charge is -2.22. The predicted octanol–water partition coefficient (Wildman–Crippen LogP) is 2.64. The molecule has 0 atom stereocenters. The van der Waals surface area contributed by atoms with Crippen LogP contribution in [0, 0.1) is 0 Å². The molecule has 0 heterocycles. The standard InChI is InChI=1S/C12H19ClN2S/c1-15(8-9-16-2)12-5-3-4-11(13)10(12)6-7-14/h3-5H,6-9,14H2,1-2H3. The topological polar surface area (TPSA) is 29.3 Å². The first-order valence-electron chi connectivity index (χ1n) is 5.38. The van der Waals surface area contributed by atoms with Crippen molar-refractivity contribution >= 4 is 29.1 Å². The highest BCUT2D eigenvalue weighted by molar-refractivity contribution is 7.98. The summed E-state index contributed by atoms with van der Waals surface area (Å²) in [6, 6.07) is 6.03. The Bertz CT molecular complexity index is 331. The maximum absolute atomic E-state index is 6.20. The van der Waals surface area contributed by atoms with Crippen molar-refractivity contribution < 1.29 is 0 Å². The highest BCUT2D eigenvalue weighted by Gasteiger charge is 2.09. The van der Waals surface area contributed by atoms with Gasteiger partial charge in [-0.3, -0.25) is 0 Å². The van der Waals surface area contributed by atoms with Gasteiger partial charge >= 0.3 is 0 Å². The zero-order valence-corrected chi connectivity index (χ0v) is 11.4. The number of rotatable bonds is 6. The van der Waals surface area contributed by atoms with E-state index in [1.165, 1.54) is 5.69 Å². The van der Waals surface area contributed by atoms with Gasteiger partial charge in [-0.05, 0) is 36.9 Å². The Kier molecular flexibility index (Phi) is 6.03. The molecule has 0 bridgehead atoms. The first-order chi connectivity index (χ1) is 7.70. The zero-order valence-electron chi connectivity index (χ0n) is 9.87. The van der Waals surface area contributed by atoms with Crippen molar-refractivity contribution in [2.75, 3.05) is 37.0 Å². The van der Waals surface area contributed by atoms with Gasteiger partial charge < -0.3 is 10.6 Å². The number of hydrogen-bond donors (Lipinski definition) is 1. The van der Waals surface area contributed by atoms with Crippen LogP contribution in [-0.4, -0.2) is 32.1 Å². The Morgan fingerprint density at radius 1 is 1.44 bits per heavy atom. The molecule has 90 valence electrons. The molecule has 2 N–H and O–H groups in total. The molecule has 0 saturated carbocycles. The molecule has 0 aliphatic carbocycles. The van der Waals surface area contributed by atoms with Gasteiger partial charge in [0.05, 0.1) is 0 Å². The minimum atomic E-state index is 0.632. The molecule has 1 rings (SSSR count). The lowest BCUT2D eigenvalue weighted by molar-refractivity contribution is 0.924. The molecule has 0 spiro atoms. The van der Waals surface area contributed by atoms with Gasteiger partial charge in [0.25, 0.3) is 0 Å². The average molecular weight is 259 g/mol. The van der Waals surface area contributed by atoms with Crippen LogP contribution in [0.3, 0.4) is 0 Å². The van der Waals surface area contributed by atoms with Crippen LogP contribution in [0.4, 0.5) is 5.69 Å². The quantitative estimate of drug-likeness (QED) is 0.851. The molecule has 0 unspecified atom stereocenters. The fourth-order valence-electron chi connectivity index (χ4n) is 1.65. The van der Waals surface area contributed by atoms with Gasteiger partial charge in [-0.2, -0.15) is 11.8 Å². The summed E-state index contributed by atoms with van der Waals surface area (Å²) in [6.45, 7) is 1.66. The Morgan fingerprint density at radius 2 is 2.19 bits per heavy atom. The molecular formula is C12H19ClN2S. The largest absolute Gasteiger partial charge is 0.374 e. The van der Waals surface area contributed by atoms with Gasteiger partial charge in [0.2, 0.25) is 0 Å². The van der Waals surface area contributed by atoms with Crippen LogP contribution in [0.2, 0.25) is 5.02 Å². The van der Waals surface area contributed by atoms with Crippen LogP contribution in [0.15, 0.2) is 18.2 Å². The molecule has 0 aliphatic heterocycles. The summed E-state index contributed by atoms with van der Waals surface area (Å²) in [4.78, 5) is 2.24. The molecule has 1 aromatic carbocycles. The third-order valence-electron chi connectivity index (χ3n) is 2.53. The lowest BCUT2D eigenvalue weighted by Crippen LogP contribution is -2.22. The smallest absolute Gasteiger partial charge is 0.0459 e. The van der Waals surface area contributed by atoms with Crippen LogP contribution < -0.4 is 10.6 Å². The van der Waals surface area contributed by atoms with Gasteiger partial charge in [0.15, 0.2) is 0 Å². The molecule has 0 aliphatic rings. The van der Waals surface area contributed by atoms with E-state index in [4.69, 9.17) is 17.3 Å². The van der Waals surface area contributed by atoms with Crippen LogP contribution in [0.5, 0.6) is 0 Å². The highest BCUT2D eigenvalue weighted by atomic mass is 35.5. The fraction of sp³-hybridized carbons (Fsp3) is 0.500. The molecule has 0 aromatic heterocycles. The molecule has 2 nitrogen and oxygen atoms in total. The van der Waals surface area contributed by atoms with Crippen LogP contribution in [0.25, 0.3) is 0 Å². The minimum Gasteiger partial charge on any atom is -0.374 e. The van der Waals surface area contributed by atoms with E-state index >= 15 is 0 Å². The van der Waals surface area contributed by atoms with E-state index in [2.05, 4.69) is 24.3 Å². The van der Waals surface area contributed by atoms with Gasteiger partial charge in [-0.1, -0.05) is 17.7 Å². The van der Waals surface area contributed by atoms with Gasteiger partial charge in [0, 0.05) is 30.1 Å². The second kappa shape index (κ2) is 7.05. The number of thioether (sulfide) groups is 1. The summed E-state index contributed by atoms with van der Waals surface area (Å²) >= 11 is 8.05. The van der Waals surface area contributed by atoms with Gasteiger partial charge in [-0.25, -0.2) is 0 Å². The third kappa shape index (κ3) is 3.58. The molecule has 16 heavy (non-hydrogen) atoms. The van der Waals surface area contributed by atoms with Crippen molar-refractivity contribution in [2.45, 2.75) is 6.42 Å². The second-order valence-corrected chi connectivity index (χ2v) is 5.08. The van der Waals surface area contributed by atoms with Crippen molar-refractivity contribution in [3.8, 4) is 0 Å². The molecule has 4 heteroatoms. The zero-order chi connectivity index (χ0) is 12.0. The van der Waals surface area contributed by atoms with Crippen molar-refractivity contribution in [2.24, 2.45) is 5.73 Å². The van der Waals surface area contributed by atoms with E-state index < -0.39 is 0 Å². The Morgan fingerprint density at radius 3 is 2.81 bits per heavy atom. The van der Waals surface area contributed by atoms with Crippen molar-refractivity contribution in [3.63, 3.8) is 0 Å². The van der Waals surface area contributed by atoms with E-state index in [0.29, 0.717) is 6.54 Å². The Hall–Kier alpha value is -0.380. The van der Waals surface area contributed by atoms with Crippen molar-refractivity contribution in [1.82, 2.24) is 0 Å². The first-order valence-corrected chi connectivity index (χ1v) is 7.15. The number of benzene rings is 1. The number of halogens is 1. The van der Waals surface area contributed by atoms with E-state index in [1.807, 2.05) is 23.9 Å². The molecule has 0 saturated heterocycles. The van der Waals surface area contributed by atoms with E-state index in [9.17, 15) is 0 Å². The number of hydrogen-bond acceptors (Lipinski definition) is 3. The fourth-order valence-corrected chi connectivity index (χ4v) is 2.37. The highest BCUT2D eigenvalue weighted by Crippen LogP contribution is 2.27. The summed E-state index contributed by atoms with van der Waals surface area (Å²) in [6.07, 6.45) is 2.95. The van der Waals surface area contributed by atoms with Crippen LogP contribution in [0.1, 0.15) is 5.56 Å². The SMILES string of the molecule is CSCCN(C)c1cccc(Cl)c1CCN. The maximum atomic E-state index is 6.20. The summed E-state index contributed by atoms with van der Waals surface area (Å²) < 4.78 is 0. The second-order valence-electron chi connectivity index (χ2n) is 3.69. The monoisotopic (exact) mass is 258 g/mol. The van der Waals surface area contributed by atoms with Crippen LogP contribution >= 0.6 is 23.4 Å². The van der Waals surface area contributed by atoms with Gasteiger partial charge in [-0.15, -0.1) is 0 Å². The number of anilines is 1. The summed E-state index contributed by atoms with van der Waals surface area (Å²) in [5.74, 6) is 1.12. The van der Waals surface area contributed by atoms with Crippen molar-refractivity contribution in [3.05, 3.63) is 28.8 Å². The molecule has 0 fully saturated rings. The molecule has 0 amide bonds. The van der Waals surface area contributed by atoms with E-state index in [-0.39, 0.29) is 0 Å².